The highest BCUT2D eigenvalue weighted by Crippen LogP contribution is 2.22. The summed E-state index contributed by atoms with van der Waals surface area (Å²) in [5.74, 6) is 0.622. The van der Waals surface area contributed by atoms with Gasteiger partial charge in [-0.3, -0.25) is 4.79 Å². The summed E-state index contributed by atoms with van der Waals surface area (Å²) in [4.78, 5) is 28.5. The van der Waals surface area contributed by atoms with Gasteiger partial charge in [0.1, 0.15) is 17.1 Å². The van der Waals surface area contributed by atoms with Crippen LogP contribution in [0.2, 0.25) is 0 Å². The normalized spacial score (nSPS) is 10.2. The number of hydrogen-bond acceptors (Lipinski definition) is 6. The Morgan fingerprint density at radius 1 is 1.03 bits per heavy atom. The third-order valence-corrected chi connectivity index (χ3v) is 4.69. The molecule has 30 heavy (non-hydrogen) atoms. The Balaban J connectivity index is 1.62. The lowest BCUT2D eigenvalue weighted by Crippen LogP contribution is -2.23. The monoisotopic (exact) mass is 470 g/mol. The first kappa shape index (κ1) is 21.3. The van der Waals surface area contributed by atoms with Crippen molar-refractivity contribution in [3.63, 3.8) is 0 Å². The molecule has 1 N–H and O–H groups in total. The fourth-order valence-corrected chi connectivity index (χ4v) is 2.88. The highest BCUT2D eigenvalue weighted by Gasteiger charge is 2.14. The molecule has 1 aromatic heterocycles. The molecule has 0 bridgehead atoms. The van der Waals surface area contributed by atoms with Crippen molar-refractivity contribution in [3.8, 4) is 17.4 Å². The first-order chi connectivity index (χ1) is 14.5. The zero-order valence-corrected chi connectivity index (χ0v) is 17.9. The SMILES string of the molecule is COC(=O)c1cc(CNC(=O)c2ccc(Oc3ccc(Br)cc3)nc2)ccc1OC. The molecule has 0 saturated heterocycles. The summed E-state index contributed by atoms with van der Waals surface area (Å²) in [6, 6.07) is 15.6. The number of nitrogens with zero attached hydrogens (tertiary/aromatic N) is 1. The van der Waals surface area contributed by atoms with Crippen molar-refractivity contribution in [1.29, 1.82) is 0 Å². The molecule has 0 aliphatic rings. The van der Waals surface area contributed by atoms with Crippen molar-refractivity contribution in [1.82, 2.24) is 10.3 Å². The highest BCUT2D eigenvalue weighted by atomic mass is 79.9. The maximum absolute atomic E-state index is 12.4. The van der Waals surface area contributed by atoms with E-state index in [1.54, 1.807) is 30.3 Å². The van der Waals surface area contributed by atoms with E-state index in [4.69, 9.17) is 14.2 Å². The quantitative estimate of drug-likeness (QED) is 0.516. The van der Waals surface area contributed by atoms with E-state index in [1.807, 2.05) is 24.3 Å². The smallest absolute Gasteiger partial charge is 0.341 e. The molecule has 0 radical (unpaired) electrons. The number of rotatable bonds is 7. The second-order valence-electron chi connectivity index (χ2n) is 6.15. The molecule has 0 atom stereocenters. The summed E-state index contributed by atoms with van der Waals surface area (Å²) in [7, 11) is 2.77. The number of nitrogens with one attached hydrogen (secondary N) is 1. The summed E-state index contributed by atoms with van der Waals surface area (Å²) in [6.07, 6.45) is 1.44. The van der Waals surface area contributed by atoms with Gasteiger partial charge in [-0.25, -0.2) is 9.78 Å². The number of pyridine rings is 1. The minimum Gasteiger partial charge on any atom is -0.496 e. The van der Waals surface area contributed by atoms with Crippen LogP contribution in [0.25, 0.3) is 0 Å². The van der Waals surface area contributed by atoms with Gasteiger partial charge in [-0.1, -0.05) is 22.0 Å². The third kappa shape index (κ3) is 5.36. The van der Waals surface area contributed by atoms with Crippen LogP contribution in [0.15, 0.2) is 65.3 Å². The number of hydrogen-bond donors (Lipinski definition) is 1. The number of amides is 1. The van der Waals surface area contributed by atoms with E-state index >= 15 is 0 Å². The Morgan fingerprint density at radius 2 is 1.80 bits per heavy atom. The van der Waals surface area contributed by atoms with E-state index in [0.717, 1.165) is 10.0 Å². The predicted octanol–water partition coefficient (Wildman–Crippen LogP) is 4.36. The molecule has 0 saturated carbocycles. The van der Waals surface area contributed by atoms with Crippen molar-refractivity contribution in [2.75, 3.05) is 14.2 Å². The van der Waals surface area contributed by atoms with Gasteiger partial charge < -0.3 is 19.5 Å². The van der Waals surface area contributed by atoms with E-state index < -0.39 is 5.97 Å². The summed E-state index contributed by atoms with van der Waals surface area (Å²) in [6.45, 7) is 0.226. The number of methoxy groups -OCH3 is 2. The Bertz CT molecular complexity index is 1040. The van der Waals surface area contributed by atoms with Gasteiger partial charge in [0, 0.05) is 23.3 Å². The molecular weight excluding hydrogens is 452 g/mol. The standard InChI is InChI=1S/C22H19BrN2O5/c1-28-19-9-3-14(11-18(19)22(27)29-2)12-25-21(26)15-4-10-20(24-13-15)30-17-7-5-16(23)6-8-17/h3-11,13H,12H2,1-2H3,(H,25,26). The molecular formula is C22H19BrN2O5. The molecule has 2 aromatic carbocycles. The molecule has 3 rings (SSSR count). The van der Waals surface area contributed by atoms with Gasteiger partial charge in [-0.15, -0.1) is 0 Å². The van der Waals surface area contributed by atoms with Gasteiger partial charge in [0.25, 0.3) is 5.91 Å². The summed E-state index contributed by atoms with van der Waals surface area (Å²) in [5, 5.41) is 2.79. The minimum absolute atomic E-state index is 0.226. The molecule has 0 unspecified atom stereocenters. The maximum Gasteiger partial charge on any atom is 0.341 e. The Kier molecular flexibility index (Phi) is 7.03. The summed E-state index contributed by atoms with van der Waals surface area (Å²) >= 11 is 3.36. The van der Waals surface area contributed by atoms with Gasteiger partial charge in [0.15, 0.2) is 0 Å². The largest absolute Gasteiger partial charge is 0.496 e. The molecule has 1 amide bonds. The molecule has 0 aliphatic heterocycles. The van der Waals surface area contributed by atoms with Crippen LogP contribution in [0.4, 0.5) is 0 Å². The minimum atomic E-state index is -0.509. The topological polar surface area (TPSA) is 86.8 Å². The maximum atomic E-state index is 12.4. The number of ether oxygens (including phenoxy) is 3. The van der Waals surface area contributed by atoms with Crippen LogP contribution in [0.5, 0.6) is 17.4 Å². The lowest BCUT2D eigenvalue weighted by molar-refractivity contribution is 0.0597. The molecule has 7 nitrogen and oxygen atoms in total. The third-order valence-electron chi connectivity index (χ3n) is 4.16. The van der Waals surface area contributed by atoms with E-state index in [-0.39, 0.29) is 12.5 Å². The van der Waals surface area contributed by atoms with Crippen molar-refractivity contribution >= 4 is 27.8 Å². The van der Waals surface area contributed by atoms with E-state index in [2.05, 4.69) is 26.2 Å². The lowest BCUT2D eigenvalue weighted by Gasteiger charge is -2.10. The second-order valence-corrected chi connectivity index (χ2v) is 7.07. The van der Waals surface area contributed by atoms with Crippen LogP contribution < -0.4 is 14.8 Å². The average molecular weight is 471 g/mol. The first-order valence-electron chi connectivity index (χ1n) is 8.93. The van der Waals surface area contributed by atoms with Crippen LogP contribution in [0.3, 0.4) is 0 Å². The second kappa shape index (κ2) is 9.89. The van der Waals surface area contributed by atoms with Gasteiger partial charge in [0.2, 0.25) is 5.88 Å². The number of esters is 1. The lowest BCUT2D eigenvalue weighted by atomic mass is 10.1. The fourth-order valence-electron chi connectivity index (χ4n) is 2.62. The number of benzene rings is 2. The fraction of sp³-hybridized carbons (Fsp3) is 0.136. The van der Waals surface area contributed by atoms with Crippen molar-refractivity contribution in [3.05, 3.63) is 82.0 Å². The molecule has 8 heteroatoms. The highest BCUT2D eigenvalue weighted by molar-refractivity contribution is 9.10. The zero-order chi connectivity index (χ0) is 21.5. The van der Waals surface area contributed by atoms with Gasteiger partial charge in [-0.2, -0.15) is 0 Å². The van der Waals surface area contributed by atoms with Gasteiger partial charge in [0.05, 0.1) is 19.8 Å². The first-order valence-corrected chi connectivity index (χ1v) is 9.72. The molecule has 154 valence electrons. The Morgan fingerprint density at radius 3 is 2.43 bits per heavy atom. The molecule has 1 heterocycles. The van der Waals surface area contributed by atoms with Crippen LogP contribution in [0.1, 0.15) is 26.3 Å². The van der Waals surface area contributed by atoms with Crippen LogP contribution >= 0.6 is 15.9 Å². The van der Waals surface area contributed by atoms with E-state index in [0.29, 0.717) is 28.5 Å². The van der Waals surface area contributed by atoms with Gasteiger partial charge in [-0.05, 0) is 48.0 Å². The zero-order valence-electron chi connectivity index (χ0n) is 16.3. The summed E-state index contributed by atoms with van der Waals surface area (Å²) in [5.41, 5.74) is 1.41. The molecule has 0 spiro atoms. The van der Waals surface area contributed by atoms with E-state index in [9.17, 15) is 9.59 Å². The van der Waals surface area contributed by atoms with Crippen molar-refractivity contribution < 1.29 is 23.8 Å². The number of halogens is 1. The number of aromatic nitrogens is 1. The Labute approximate surface area is 182 Å². The van der Waals surface area contributed by atoms with Crippen molar-refractivity contribution in [2.45, 2.75) is 6.54 Å². The van der Waals surface area contributed by atoms with Crippen molar-refractivity contribution in [2.24, 2.45) is 0 Å². The number of carbonyl (C=O) groups is 2. The van der Waals surface area contributed by atoms with Crippen LogP contribution in [-0.4, -0.2) is 31.1 Å². The van der Waals surface area contributed by atoms with E-state index in [1.165, 1.54) is 20.4 Å². The van der Waals surface area contributed by atoms with Crippen LogP contribution in [-0.2, 0) is 11.3 Å². The molecule has 3 aromatic rings. The molecule has 0 aliphatic carbocycles. The predicted molar refractivity (Wildman–Crippen MR) is 114 cm³/mol. The average Bonchev–Trinajstić information content (AvgIpc) is 2.78. The Hall–Kier alpha value is -3.39. The van der Waals surface area contributed by atoms with Crippen LogP contribution in [0, 0.1) is 0 Å². The molecule has 0 fully saturated rings. The summed E-state index contributed by atoms with van der Waals surface area (Å²) < 4.78 is 16.5. The number of carbonyl (C=O) groups excluding carboxylic acids is 2. The van der Waals surface area contributed by atoms with Gasteiger partial charge >= 0.3 is 5.97 Å².